The largest absolute Gasteiger partial charge is 0.378 e. The van der Waals surface area contributed by atoms with Gasteiger partial charge in [-0.25, -0.2) is 4.90 Å². The van der Waals surface area contributed by atoms with Crippen molar-refractivity contribution in [2.45, 2.75) is 18.9 Å². The number of nitrogens with zero attached hydrogens (tertiary/aromatic N) is 4. The van der Waals surface area contributed by atoms with Gasteiger partial charge in [-0.15, -0.1) is 11.3 Å². The van der Waals surface area contributed by atoms with Crippen molar-refractivity contribution in [3.05, 3.63) is 52.4 Å². The van der Waals surface area contributed by atoms with Crippen molar-refractivity contribution in [1.29, 1.82) is 0 Å². The van der Waals surface area contributed by atoms with Gasteiger partial charge in [0.05, 0.1) is 11.3 Å². The Labute approximate surface area is 182 Å². The van der Waals surface area contributed by atoms with Crippen LogP contribution in [0.15, 0.2) is 47.5 Å². The third-order valence-electron chi connectivity index (χ3n) is 6.04. The highest BCUT2D eigenvalue weighted by Crippen LogP contribution is 2.37. The van der Waals surface area contributed by atoms with Crippen molar-refractivity contribution in [2.75, 3.05) is 51.1 Å². The standard InChI is InChI=1S/C23H28N4O2S/c1-24(2)16-7-9-18(10-8-16)27-22(28)20(19-6-5-15-30-19)21(23(27)29)26(4)17-11-13-25(3)14-12-17/h5-10,15,17H,11-14H2,1-4H3. The summed E-state index contributed by atoms with van der Waals surface area (Å²) in [6.45, 7) is 1.99. The molecule has 0 aliphatic carbocycles. The molecule has 1 aromatic carbocycles. The molecule has 1 fully saturated rings. The van der Waals surface area contributed by atoms with E-state index in [9.17, 15) is 9.59 Å². The summed E-state index contributed by atoms with van der Waals surface area (Å²) in [5.74, 6) is -0.475. The molecule has 30 heavy (non-hydrogen) atoms. The van der Waals surface area contributed by atoms with Crippen LogP contribution in [-0.2, 0) is 9.59 Å². The summed E-state index contributed by atoms with van der Waals surface area (Å²) < 4.78 is 0. The molecule has 2 amide bonds. The number of rotatable bonds is 5. The predicted molar refractivity (Wildman–Crippen MR) is 123 cm³/mol. The molecule has 0 saturated carbocycles. The van der Waals surface area contributed by atoms with Gasteiger partial charge in [0, 0.05) is 37.7 Å². The van der Waals surface area contributed by atoms with Crippen LogP contribution in [0.5, 0.6) is 0 Å². The van der Waals surface area contributed by atoms with E-state index in [1.807, 2.05) is 67.8 Å². The van der Waals surface area contributed by atoms with Gasteiger partial charge < -0.3 is 14.7 Å². The lowest BCUT2D eigenvalue weighted by molar-refractivity contribution is -0.120. The lowest BCUT2D eigenvalue weighted by Gasteiger charge is -2.36. The Morgan fingerprint density at radius 2 is 1.63 bits per heavy atom. The Morgan fingerprint density at radius 3 is 2.20 bits per heavy atom. The second-order valence-corrected chi connectivity index (χ2v) is 9.15. The molecule has 0 radical (unpaired) electrons. The monoisotopic (exact) mass is 424 g/mol. The van der Waals surface area contributed by atoms with E-state index in [4.69, 9.17) is 0 Å². The molecule has 2 aromatic rings. The van der Waals surface area contributed by atoms with E-state index in [0.717, 1.165) is 36.5 Å². The number of imide groups is 1. The maximum Gasteiger partial charge on any atom is 0.282 e. The first-order valence-electron chi connectivity index (χ1n) is 10.2. The van der Waals surface area contributed by atoms with E-state index in [-0.39, 0.29) is 17.9 Å². The zero-order valence-corrected chi connectivity index (χ0v) is 18.8. The van der Waals surface area contributed by atoms with Gasteiger partial charge in [-0.3, -0.25) is 9.59 Å². The smallest absolute Gasteiger partial charge is 0.282 e. The fourth-order valence-electron chi connectivity index (χ4n) is 4.19. The highest BCUT2D eigenvalue weighted by Gasteiger charge is 2.43. The fourth-order valence-corrected chi connectivity index (χ4v) is 4.95. The van der Waals surface area contributed by atoms with Crippen molar-refractivity contribution in [2.24, 2.45) is 0 Å². The Bertz CT molecular complexity index is 958. The highest BCUT2D eigenvalue weighted by atomic mass is 32.1. The molecule has 1 aromatic heterocycles. The minimum Gasteiger partial charge on any atom is -0.378 e. The molecular formula is C23H28N4O2S. The quantitative estimate of drug-likeness (QED) is 0.690. The molecule has 158 valence electrons. The van der Waals surface area contributed by atoms with Crippen LogP contribution in [0.2, 0.25) is 0 Å². The van der Waals surface area contributed by atoms with Crippen molar-refractivity contribution in [3.8, 4) is 0 Å². The molecule has 0 spiro atoms. The molecule has 2 aliphatic rings. The van der Waals surface area contributed by atoms with Crippen LogP contribution in [0.3, 0.4) is 0 Å². The molecule has 3 heterocycles. The van der Waals surface area contributed by atoms with E-state index in [1.54, 1.807) is 0 Å². The number of anilines is 2. The van der Waals surface area contributed by atoms with Gasteiger partial charge >= 0.3 is 0 Å². The average molecular weight is 425 g/mol. The summed E-state index contributed by atoms with van der Waals surface area (Å²) >= 11 is 1.50. The third kappa shape index (κ3) is 3.63. The van der Waals surface area contributed by atoms with Gasteiger partial charge in [0.15, 0.2) is 0 Å². The topological polar surface area (TPSA) is 47.1 Å². The summed E-state index contributed by atoms with van der Waals surface area (Å²) in [7, 11) is 8.01. The zero-order valence-electron chi connectivity index (χ0n) is 18.0. The Kier molecular flexibility index (Phi) is 5.66. The molecule has 1 saturated heterocycles. The first-order chi connectivity index (χ1) is 14.4. The number of benzene rings is 1. The summed E-state index contributed by atoms with van der Waals surface area (Å²) in [5.41, 5.74) is 2.67. The van der Waals surface area contributed by atoms with Crippen molar-refractivity contribution in [3.63, 3.8) is 0 Å². The van der Waals surface area contributed by atoms with Gasteiger partial charge in [-0.2, -0.15) is 0 Å². The SMILES string of the molecule is CN1CCC(N(C)C2=C(c3cccs3)C(=O)N(c3ccc(N(C)C)cc3)C2=O)CC1. The van der Waals surface area contributed by atoms with E-state index < -0.39 is 0 Å². The van der Waals surface area contributed by atoms with Crippen molar-refractivity contribution >= 4 is 40.1 Å². The average Bonchev–Trinajstić information content (AvgIpc) is 3.34. The van der Waals surface area contributed by atoms with Crippen LogP contribution in [-0.4, -0.2) is 68.9 Å². The Balaban J connectivity index is 1.71. The van der Waals surface area contributed by atoms with Gasteiger partial charge in [0.1, 0.15) is 5.70 Å². The van der Waals surface area contributed by atoms with Crippen LogP contribution in [0.4, 0.5) is 11.4 Å². The lowest BCUT2D eigenvalue weighted by Crippen LogP contribution is -2.43. The molecule has 7 heteroatoms. The molecule has 6 nitrogen and oxygen atoms in total. The van der Waals surface area contributed by atoms with Crippen molar-refractivity contribution < 1.29 is 9.59 Å². The number of hydrogen-bond donors (Lipinski definition) is 0. The minimum absolute atomic E-state index is 0.234. The number of carbonyl (C=O) groups is 2. The number of thiophene rings is 1. The fraction of sp³-hybridized carbons (Fsp3) is 0.391. The van der Waals surface area contributed by atoms with Crippen LogP contribution in [0.25, 0.3) is 5.57 Å². The minimum atomic E-state index is -0.241. The summed E-state index contributed by atoms with van der Waals surface area (Å²) in [4.78, 5) is 35.6. The maximum atomic E-state index is 13.6. The number of carbonyl (C=O) groups excluding carboxylic acids is 2. The zero-order chi connectivity index (χ0) is 21.4. The van der Waals surface area contributed by atoms with Gasteiger partial charge in [-0.1, -0.05) is 6.07 Å². The van der Waals surface area contributed by atoms with Crippen LogP contribution < -0.4 is 9.80 Å². The maximum absolute atomic E-state index is 13.6. The normalized spacial score (nSPS) is 18.5. The number of piperidine rings is 1. The van der Waals surface area contributed by atoms with Crippen LogP contribution >= 0.6 is 11.3 Å². The molecule has 0 N–H and O–H groups in total. The number of likely N-dealkylation sites (N-methyl/N-ethyl adjacent to an activating group) is 1. The number of amides is 2. The third-order valence-corrected chi connectivity index (χ3v) is 6.93. The van der Waals surface area contributed by atoms with E-state index >= 15 is 0 Å². The van der Waals surface area contributed by atoms with Gasteiger partial charge in [0.25, 0.3) is 11.8 Å². The van der Waals surface area contributed by atoms with E-state index in [0.29, 0.717) is 17.0 Å². The Morgan fingerprint density at radius 1 is 0.967 bits per heavy atom. The second-order valence-electron chi connectivity index (χ2n) is 8.20. The Hall–Kier alpha value is -2.64. The highest BCUT2D eigenvalue weighted by molar-refractivity contribution is 7.11. The van der Waals surface area contributed by atoms with Gasteiger partial charge in [0.2, 0.25) is 0 Å². The second kappa shape index (κ2) is 8.24. The molecule has 0 atom stereocenters. The number of hydrogen-bond acceptors (Lipinski definition) is 6. The van der Waals surface area contributed by atoms with E-state index in [2.05, 4.69) is 16.8 Å². The van der Waals surface area contributed by atoms with Crippen LogP contribution in [0, 0.1) is 0 Å². The van der Waals surface area contributed by atoms with Crippen molar-refractivity contribution in [1.82, 2.24) is 9.80 Å². The first kappa shape index (κ1) is 20.6. The summed E-state index contributed by atoms with van der Waals surface area (Å²) in [6.07, 6.45) is 1.96. The predicted octanol–water partition coefficient (Wildman–Crippen LogP) is 3.12. The van der Waals surface area contributed by atoms with Crippen LogP contribution in [0.1, 0.15) is 17.7 Å². The lowest BCUT2D eigenvalue weighted by atomic mass is 10.0. The molecule has 2 aliphatic heterocycles. The first-order valence-corrected chi connectivity index (χ1v) is 11.1. The van der Waals surface area contributed by atoms with Gasteiger partial charge in [-0.05, 0) is 68.7 Å². The molecule has 0 unspecified atom stereocenters. The van der Waals surface area contributed by atoms with E-state index in [1.165, 1.54) is 16.2 Å². The molecule has 0 bridgehead atoms. The number of likely N-dealkylation sites (tertiary alicyclic amines) is 1. The summed E-state index contributed by atoms with van der Waals surface area (Å²) in [5, 5.41) is 1.95. The summed E-state index contributed by atoms with van der Waals surface area (Å²) in [6, 6.07) is 11.6. The molecular weight excluding hydrogens is 396 g/mol. The molecule has 4 rings (SSSR count).